The van der Waals surface area contributed by atoms with Crippen LogP contribution in [0.3, 0.4) is 0 Å². The molecule has 0 saturated heterocycles. The molecule has 0 heterocycles. The van der Waals surface area contributed by atoms with Gasteiger partial charge in [0.2, 0.25) is 0 Å². The summed E-state index contributed by atoms with van der Waals surface area (Å²) in [4.78, 5) is 0. The van der Waals surface area contributed by atoms with Gasteiger partial charge in [0.15, 0.2) is 0 Å². The summed E-state index contributed by atoms with van der Waals surface area (Å²) in [5.41, 5.74) is 1.89. The number of fused-ring (bicyclic) bond motifs is 1. The van der Waals surface area contributed by atoms with Crippen molar-refractivity contribution in [3.8, 4) is 12.3 Å². The van der Waals surface area contributed by atoms with Gasteiger partial charge in [-0.05, 0) is 36.2 Å². The van der Waals surface area contributed by atoms with E-state index in [9.17, 15) is 0 Å². The third-order valence-corrected chi connectivity index (χ3v) is 3.00. The lowest BCUT2D eigenvalue weighted by atomic mass is 9.91. The fourth-order valence-electron chi connectivity index (χ4n) is 1.90. The van der Waals surface area contributed by atoms with E-state index in [1.54, 1.807) is 0 Å². The standard InChI is InChI=1S/C10H12/c1-3-8-4-5-10(2)7-9(10)6-8/h1,4,9H,5-7H2,2H3. The van der Waals surface area contributed by atoms with Crippen LogP contribution in [0.4, 0.5) is 0 Å². The number of allylic oxidation sites excluding steroid dienone is 2. The average Bonchev–Trinajstić information content (AvgIpc) is 2.59. The van der Waals surface area contributed by atoms with Crippen LogP contribution in [0, 0.1) is 23.7 Å². The van der Waals surface area contributed by atoms with Gasteiger partial charge in [-0.15, -0.1) is 6.42 Å². The topological polar surface area (TPSA) is 0 Å². The highest BCUT2D eigenvalue weighted by molar-refractivity contribution is 5.31. The molecule has 2 aliphatic carbocycles. The molecular formula is C10H12. The van der Waals surface area contributed by atoms with E-state index in [1.807, 2.05) is 0 Å². The maximum Gasteiger partial charge on any atom is -0.00191 e. The Hall–Kier alpha value is -0.700. The van der Waals surface area contributed by atoms with Crippen molar-refractivity contribution in [3.05, 3.63) is 11.6 Å². The highest BCUT2D eigenvalue weighted by Crippen LogP contribution is 2.60. The fourth-order valence-corrected chi connectivity index (χ4v) is 1.90. The minimum absolute atomic E-state index is 0.653. The maximum atomic E-state index is 5.31. The predicted molar refractivity (Wildman–Crippen MR) is 42.4 cm³/mol. The molecule has 0 spiro atoms. The second-order valence-electron chi connectivity index (χ2n) is 3.84. The molecule has 0 amide bonds. The van der Waals surface area contributed by atoms with Crippen molar-refractivity contribution in [3.63, 3.8) is 0 Å². The van der Waals surface area contributed by atoms with Gasteiger partial charge in [0.1, 0.15) is 0 Å². The Kier molecular flexibility index (Phi) is 1.01. The van der Waals surface area contributed by atoms with Gasteiger partial charge in [0.05, 0.1) is 0 Å². The predicted octanol–water partition coefficient (Wildman–Crippen LogP) is 2.37. The van der Waals surface area contributed by atoms with E-state index < -0.39 is 0 Å². The van der Waals surface area contributed by atoms with Gasteiger partial charge in [-0.3, -0.25) is 0 Å². The summed E-state index contributed by atoms with van der Waals surface area (Å²) in [6.45, 7) is 2.36. The Morgan fingerprint density at radius 3 is 3.20 bits per heavy atom. The van der Waals surface area contributed by atoms with Crippen LogP contribution in [0.25, 0.3) is 0 Å². The molecule has 0 aromatic rings. The molecule has 0 aliphatic heterocycles. The van der Waals surface area contributed by atoms with Crippen LogP contribution in [0.5, 0.6) is 0 Å². The van der Waals surface area contributed by atoms with Gasteiger partial charge in [0.25, 0.3) is 0 Å². The van der Waals surface area contributed by atoms with Crippen molar-refractivity contribution >= 4 is 0 Å². The number of rotatable bonds is 0. The molecule has 0 aromatic carbocycles. The molecule has 2 rings (SSSR count). The van der Waals surface area contributed by atoms with E-state index in [2.05, 4.69) is 18.9 Å². The molecular weight excluding hydrogens is 120 g/mol. The Morgan fingerprint density at radius 2 is 2.60 bits per heavy atom. The SMILES string of the molecule is C#CC1=CCC2(C)CC2C1. The zero-order valence-electron chi connectivity index (χ0n) is 6.35. The molecule has 0 N–H and O–H groups in total. The summed E-state index contributed by atoms with van der Waals surface area (Å²) in [6.07, 6.45) is 11.3. The zero-order valence-corrected chi connectivity index (χ0v) is 6.35. The van der Waals surface area contributed by atoms with E-state index in [-0.39, 0.29) is 0 Å². The van der Waals surface area contributed by atoms with E-state index in [1.165, 1.54) is 24.8 Å². The molecule has 0 bridgehead atoms. The first-order chi connectivity index (χ1) is 4.74. The van der Waals surface area contributed by atoms with Crippen LogP contribution in [0.2, 0.25) is 0 Å². The van der Waals surface area contributed by atoms with Crippen LogP contribution in [-0.4, -0.2) is 0 Å². The quantitative estimate of drug-likeness (QED) is 0.444. The number of hydrogen-bond acceptors (Lipinski definition) is 0. The molecule has 0 heteroatoms. The van der Waals surface area contributed by atoms with Gasteiger partial charge in [0, 0.05) is 0 Å². The summed E-state index contributed by atoms with van der Waals surface area (Å²) >= 11 is 0. The Bertz CT molecular complexity index is 229. The lowest BCUT2D eigenvalue weighted by Gasteiger charge is -2.13. The Balaban J connectivity index is 2.16. The summed E-state index contributed by atoms with van der Waals surface area (Å²) in [6, 6.07) is 0. The second-order valence-corrected chi connectivity index (χ2v) is 3.84. The van der Waals surface area contributed by atoms with Crippen molar-refractivity contribution < 1.29 is 0 Å². The van der Waals surface area contributed by atoms with Crippen LogP contribution in [-0.2, 0) is 0 Å². The number of terminal acetylenes is 1. The summed E-state index contributed by atoms with van der Waals surface area (Å²) in [7, 11) is 0. The lowest BCUT2D eigenvalue weighted by Crippen LogP contribution is -2.02. The molecule has 2 atom stereocenters. The van der Waals surface area contributed by atoms with Gasteiger partial charge in [-0.2, -0.15) is 0 Å². The largest absolute Gasteiger partial charge is 0.115 e. The summed E-state index contributed by atoms with van der Waals surface area (Å²) in [5, 5.41) is 0. The minimum atomic E-state index is 0.653. The molecule has 1 saturated carbocycles. The van der Waals surface area contributed by atoms with Gasteiger partial charge < -0.3 is 0 Å². The first-order valence-electron chi connectivity index (χ1n) is 3.90. The van der Waals surface area contributed by atoms with Crippen molar-refractivity contribution in [2.45, 2.75) is 26.2 Å². The zero-order chi connectivity index (χ0) is 7.19. The van der Waals surface area contributed by atoms with E-state index >= 15 is 0 Å². The summed E-state index contributed by atoms with van der Waals surface area (Å²) < 4.78 is 0. The number of hydrogen-bond donors (Lipinski definition) is 0. The minimum Gasteiger partial charge on any atom is -0.115 e. The van der Waals surface area contributed by atoms with Gasteiger partial charge in [-0.1, -0.05) is 18.9 Å². The highest BCUT2D eigenvalue weighted by atomic mass is 14.5. The Morgan fingerprint density at radius 1 is 1.80 bits per heavy atom. The maximum absolute atomic E-state index is 5.31. The van der Waals surface area contributed by atoms with Crippen molar-refractivity contribution in [1.29, 1.82) is 0 Å². The molecule has 0 radical (unpaired) electrons. The van der Waals surface area contributed by atoms with Gasteiger partial charge in [-0.25, -0.2) is 0 Å². The fraction of sp³-hybridized carbons (Fsp3) is 0.600. The van der Waals surface area contributed by atoms with Gasteiger partial charge >= 0.3 is 0 Å². The van der Waals surface area contributed by atoms with E-state index in [0.717, 1.165) is 5.92 Å². The lowest BCUT2D eigenvalue weighted by molar-refractivity contribution is 0.490. The monoisotopic (exact) mass is 132 g/mol. The van der Waals surface area contributed by atoms with Crippen LogP contribution in [0.15, 0.2) is 11.6 Å². The summed E-state index contributed by atoms with van der Waals surface area (Å²) in [5.74, 6) is 3.66. The molecule has 2 aliphatic rings. The highest BCUT2D eigenvalue weighted by Gasteiger charge is 2.50. The smallest absolute Gasteiger partial charge is 0.00191 e. The van der Waals surface area contributed by atoms with E-state index in [0.29, 0.717) is 5.41 Å². The Labute approximate surface area is 62.3 Å². The normalized spacial score (nSPS) is 43.2. The van der Waals surface area contributed by atoms with Crippen LogP contribution in [0.1, 0.15) is 26.2 Å². The molecule has 0 aromatic heterocycles. The third kappa shape index (κ3) is 0.703. The van der Waals surface area contributed by atoms with Crippen molar-refractivity contribution in [2.75, 3.05) is 0 Å². The molecule has 10 heavy (non-hydrogen) atoms. The molecule has 52 valence electrons. The molecule has 1 fully saturated rings. The molecule has 2 unspecified atom stereocenters. The van der Waals surface area contributed by atoms with Crippen LogP contribution < -0.4 is 0 Å². The van der Waals surface area contributed by atoms with Crippen molar-refractivity contribution in [2.24, 2.45) is 11.3 Å². The first-order valence-corrected chi connectivity index (χ1v) is 3.90. The third-order valence-electron chi connectivity index (χ3n) is 3.00. The second kappa shape index (κ2) is 1.66. The average molecular weight is 132 g/mol. The first kappa shape index (κ1) is 6.04. The van der Waals surface area contributed by atoms with Crippen LogP contribution >= 0.6 is 0 Å². The van der Waals surface area contributed by atoms with E-state index in [4.69, 9.17) is 6.42 Å². The van der Waals surface area contributed by atoms with Crippen molar-refractivity contribution in [1.82, 2.24) is 0 Å². The molecule has 0 nitrogen and oxygen atoms in total.